The second-order valence-electron chi connectivity index (χ2n) is 7.56. The quantitative estimate of drug-likeness (QED) is 0.593. The second kappa shape index (κ2) is 8.71. The molecule has 1 unspecified atom stereocenters. The average molecular weight is 423 g/mol. The Morgan fingerprint density at radius 3 is 2.00 bits per heavy atom. The largest absolute Gasteiger partial charge is 0.346 e. The first-order chi connectivity index (χ1) is 14.2. The molecule has 0 spiro atoms. The lowest BCUT2D eigenvalue weighted by atomic mass is 10.1. The maximum atomic E-state index is 12.9. The topological polar surface area (TPSA) is 75.3 Å². The molecule has 0 saturated carbocycles. The Hall–Kier alpha value is -3.12. The van der Waals surface area contributed by atoms with Crippen LogP contribution < -0.4 is 10.0 Å². The van der Waals surface area contributed by atoms with Gasteiger partial charge in [0.05, 0.1) is 10.9 Å². The van der Waals surface area contributed by atoms with Gasteiger partial charge in [0.25, 0.3) is 15.9 Å². The van der Waals surface area contributed by atoms with E-state index in [1.54, 1.807) is 31.2 Å². The molecular formula is C24H26N2O3S. The maximum Gasteiger partial charge on any atom is 0.262 e. The van der Waals surface area contributed by atoms with Crippen LogP contribution in [0.3, 0.4) is 0 Å². The number of benzene rings is 3. The minimum atomic E-state index is -3.83. The first-order valence-corrected chi connectivity index (χ1v) is 11.2. The van der Waals surface area contributed by atoms with Gasteiger partial charge in [-0.2, -0.15) is 0 Å². The Bertz CT molecular complexity index is 1150. The third-order valence-corrected chi connectivity index (χ3v) is 6.49. The SMILES string of the molecule is Cc1ccc(NS(=O)(=O)c2cc(C(=O)NC(C)c3ccc(C)cc3)ccc2C)cc1. The molecule has 0 saturated heterocycles. The predicted octanol–water partition coefficient (Wildman–Crippen LogP) is 4.90. The van der Waals surface area contributed by atoms with E-state index < -0.39 is 10.0 Å². The number of carbonyl (C=O) groups is 1. The number of rotatable bonds is 6. The Kier molecular flexibility index (Phi) is 6.27. The fourth-order valence-electron chi connectivity index (χ4n) is 3.08. The van der Waals surface area contributed by atoms with Crippen molar-refractivity contribution in [2.75, 3.05) is 4.72 Å². The van der Waals surface area contributed by atoms with Crippen molar-refractivity contribution in [3.8, 4) is 0 Å². The van der Waals surface area contributed by atoms with Crippen molar-refractivity contribution in [1.82, 2.24) is 5.32 Å². The first-order valence-electron chi connectivity index (χ1n) is 9.73. The van der Waals surface area contributed by atoms with Crippen molar-refractivity contribution in [3.63, 3.8) is 0 Å². The smallest absolute Gasteiger partial charge is 0.262 e. The van der Waals surface area contributed by atoms with E-state index in [9.17, 15) is 13.2 Å². The highest BCUT2D eigenvalue weighted by atomic mass is 32.2. The van der Waals surface area contributed by atoms with Gasteiger partial charge in [0, 0.05) is 11.3 Å². The summed E-state index contributed by atoms with van der Waals surface area (Å²) < 4.78 is 28.4. The van der Waals surface area contributed by atoms with Gasteiger partial charge in [0.15, 0.2) is 0 Å². The standard InChI is InChI=1S/C24H26N2O3S/c1-16-5-10-20(11-6-16)19(4)25-24(27)21-12-9-18(3)23(15-21)30(28,29)26-22-13-7-17(2)8-14-22/h5-15,19,26H,1-4H3,(H,25,27). The van der Waals surface area contributed by atoms with Gasteiger partial charge in [-0.1, -0.05) is 53.6 Å². The van der Waals surface area contributed by atoms with E-state index >= 15 is 0 Å². The van der Waals surface area contributed by atoms with Crippen molar-refractivity contribution in [2.45, 2.75) is 38.6 Å². The van der Waals surface area contributed by atoms with Crippen LogP contribution in [-0.4, -0.2) is 14.3 Å². The van der Waals surface area contributed by atoms with Gasteiger partial charge in [0.2, 0.25) is 0 Å². The van der Waals surface area contributed by atoms with Gasteiger partial charge in [-0.3, -0.25) is 9.52 Å². The summed E-state index contributed by atoms with van der Waals surface area (Å²) in [7, 11) is -3.83. The lowest BCUT2D eigenvalue weighted by Crippen LogP contribution is -2.27. The summed E-state index contributed by atoms with van der Waals surface area (Å²) >= 11 is 0. The van der Waals surface area contributed by atoms with Crippen LogP contribution in [0.2, 0.25) is 0 Å². The summed E-state index contributed by atoms with van der Waals surface area (Å²) in [6.07, 6.45) is 0. The molecule has 3 rings (SSSR count). The number of aryl methyl sites for hydroxylation is 3. The zero-order valence-electron chi connectivity index (χ0n) is 17.6. The Balaban J connectivity index is 1.82. The number of nitrogens with one attached hydrogen (secondary N) is 2. The minimum absolute atomic E-state index is 0.0821. The molecule has 0 heterocycles. The lowest BCUT2D eigenvalue weighted by Gasteiger charge is -2.16. The van der Waals surface area contributed by atoms with Crippen molar-refractivity contribution in [2.24, 2.45) is 0 Å². The number of sulfonamides is 1. The minimum Gasteiger partial charge on any atom is -0.346 e. The van der Waals surface area contributed by atoms with E-state index in [1.165, 1.54) is 6.07 Å². The van der Waals surface area contributed by atoms with Crippen LogP contribution in [0.15, 0.2) is 71.6 Å². The molecule has 1 atom stereocenters. The first kappa shape index (κ1) is 21.6. The molecule has 0 aliphatic heterocycles. The van der Waals surface area contributed by atoms with Crippen molar-refractivity contribution in [3.05, 3.63) is 94.5 Å². The average Bonchev–Trinajstić information content (AvgIpc) is 2.70. The van der Waals surface area contributed by atoms with Crippen molar-refractivity contribution in [1.29, 1.82) is 0 Å². The number of hydrogen-bond donors (Lipinski definition) is 2. The zero-order chi connectivity index (χ0) is 21.9. The van der Waals surface area contributed by atoms with E-state index in [0.29, 0.717) is 16.8 Å². The molecule has 1 amide bonds. The van der Waals surface area contributed by atoms with Crippen LogP contribution in [0.25, 0.3) is 0 Å². The van der Waals surface area contributed by atoms with E-state index in [4.69, 9.17) is 0 Å². The third-order valence-electron chi connectivity index (χ3n) is 4.97. The highest BCUT2D eigenvalue weighted by molar-refractivity contribution is 7.92. The van der Waals surface area contributed by atoms with Gasteiger partial charge in [-0.25, -0.2) is 8.42 Å². The van der Waals surface area contributed by atoms with Crippen LogP contribution in [0, 0.1) is 20.8 Å². The summed E-state index contributed by atoms with van der Waals surface area (Å²) in [6.45, 7) is 7.54. The van der Waals surface area contributed by atoms with Gasteiger partial charge in [-0.15, -0.1) is 0 Å². The number of amides is 1. The normalized spacial score (nSPS) is 12.3. The monoisotopic (exact) mass is 422 g/mol. The summed E-state index contributed by atoms with van der Waals surface area (Å²) in [4.78, 5) is 12.8. The van der Waals surface area contributed by atoms with Crippen molar-refractivity contribution < 1.29 is 13.2 Å². The zero-order valence-corrected chi connectivity index (χ0v) is 18.4. The fourth-order valence-corrected chi connectivity index (χ4v) is 4.41. The molecular weight excluding hydrogens is 396 g/mol. The molecule has 30 heavy (non-hydrogen) atoms. The molecule has 3 aromatic carbocycles. The molecule has 0 fully saturated rings. The fraction of sp³-hybridized carbons (Fsp3) is 0.208. The summed E-state index contributed by atoms with van der Waals surface area (Å²) in [5, 5.41) is 2.93. The molecule has 6 heteroatoms. The molecule has 0 radical (unpaired) electrons. The summed E-state index contributed by atoms with van der Waals surface area (Å²) in [5.41, 5.74) is 4.50. The molecule has 0 aromatic heterocycles. The Morgan fingerprint density at radius 1 is 0.833 bits per heavy atom. The molecule has 0 aliphatic carbocycles. The number of carbonyl (C=O) groups excluding carboxylic acids is 1. The third kappa shape index (κ3) is 5.07. The van der Waals surface area contributed by atoms with E-state index in [-0.39, 0.29) is 16.8 Å². The number of hydrogen-bond acceptors (Lipinski definition) is 3. The van der Waals surface area contributed by atoms with Gasteiger partial charge < -0.3 is 5.32 Å². The van der Waals surface area contributed by atoms with Crippen LogP contribution >= 0.6 is 0 Å². The van der Waals surface area contributed by atoms with E-state index in [1.807, 2.05) is 57.2 Å². The van der Waals surface area contributed by atoms with E-state index in [2.05, 4.69) is 10.0 Å². The summed E-state index contributed by atoms with van der Waals surface area (Å²) in [5.74, 6) is -0.324. The maximum absolute atomic E-state index is 12.9. The Labute approximate surface area is 178 Å². The molecule has 5 nitrogen and oxygen atoms in total. The lowest BCUT2D eigenvalue weighted by molar-refractivity contribution is 0.0939. The number of anilines is 1. The second-order valence-corrected chi connectivity index (χ2v) is 9.21. The molecule has 0 bridgehead atoms. The van der Waals surface area contributed by atoms with Crippen molar-refractivity contribution >= 4 is 21.6 Å². The summed E-state index contributed by atoms with van der Waals surface area (Å²) in [6, 6.07) is 19.5. The van der Waals surface area contributed by atoms with E-state index in [0.717, 1.165) is 16.7 Å². The Morgan fingerprint density at radius 2 is 1.40 bits per heavy atom. The highest BCUT2D eigenvalue weighted by Gasteiger charge is 2.20. The van der Waals surface area contributed by atoms with Crippen LogP contribution in [0.5, 0.6) is 0 Å². The highest BCUT2D eigenvalue weighted by Crippen LogP contribution is 2.22. The van der Waals surface area contributed by atoms with Crippen LogP contribution in [0.4, 0.5) is 5.69 Å². The van der Waals surface area contributed by atoms with Crippen LogP contribution in [-0.2, 0) is 10.0 Å². The predicted molar refractivity (Wildman–Crippen MR) is 120 cm³/mol. The molecule has 3 aromatic rings. The van der Waals surface area contributed by atoms with Gasteiger partial charge >= 0.3 is 0 Å². The van der Waals surface area contributed by atoms with Gasteiger partial charge in [-0.05, 0) is 63.1 Å². The van der Waals surface area contributed by atoms with Crippen LogP contribution in [0.1, 0.15) is 45.6 Å². The molecule has 0 aliphatic rings. The van der Waals surface area contributed by atoms with Gasteiger partial charge in [0.1, 0.15) is 0 Å². The molecule has 156 valence electrons. The molecule has 2 N–H and O–H groups in total.